The highest BCUT2D eigenvalue weighted by Crippen LogP contribution is 2.46. The quantitative estimate of drug-likeness (QED) is 0.161. The number of sulfonamides is 1. The first kappa shape index (κ1) is 38.6. The van der Waals surface area contributed by atoms with Gasteiger partial charge in [-0.2, -0.15) is 0 Å². The average Bonchev–Trinajstić information content (AvgIpc) is 4.09. The highest BCUT2D eigenvalue weighted by atomic mass is 32.2. The number of furan rings is 1. The summed E-state index contributed by atoms with van der Waals surface area (Å²) in [4.78, 5) is 61.8. The minimum absolute atomic E-state index is 0.0429. The van der Waals surface area contributed by atoms with Gasteiger partial charge >= 0.3 is 6.09 Å². The minimum Gasteiger partial charge on any atom is -0.484 e. The Labute approximate surface area is 327 Å². The number of allylic oxidation sites excluding steroid dienone is 1. The molecule has 0 bridgehead atoms. The maximum atomic E-state index is 14.8. The lowest BCUT2D eigenvalue weighted by Crippen LogP contribution is -2.58. The van der Waals surface area contributed by atoms with Crippen molar-refractivity contribution in [3.05, 3.63) is 60.4 Å². The number of aromatic nitrogens is 1. The van der Waals surface area contributed by atoms with E-state index >= 15 is 0 Å². The van der Waals surface area contributed by atoms with Crippen molar-refractivity contribution in [2.45, 2.75) is 86.8 Å². The average molecular weight is 806 g/mol. The predicted molar refractivity (Wildman–Crippen MR) is 205 cm³/mol. The molecule has 0 unspecified atom stereocenters. The van der Waals surface area contributed by atoms with Gasteiger partial charge in [0.05, 0.1) is 23.9 Å². The smallest absolute Gasteiger partial charge is 0.407 e. The minimum atomic E-state index is -3.94. The molecule has 2 saturated carbocycles. The van der Waals surface area contributed by atoms with Crippen molar-refractivity contribution in [3.8, 4) is 5.75 Å². The van der Waals surface area contributed by atoms with E-state index in [0.29, 0.717) is 53.1 Å². The number of pyridine rings is 1. The second-order valence-corrected chi connectivity index (χ2v) is 17.2. The molecule has 17 heteroatoms. The van der Waals surface area contributed by atoms with Crippen LogP contribution in [0.5, 0.6) is 5.75 Å². The molecule has 1 saturated heterocycles. The summed E-state index contributed by atoms with van der Waals surface area (Å²) >= 11 is 0. The number of ether oxygens (including phenoxy) is 3. The Balaban J connectivity index is 1.15. The fraction of sp³-hybridized carbons (Fsp3) is 0.475. The lowest BCUT2D eigenvalue weighted by Gasteiger charge is -2.29. The van der Waals surface area contributed by atoms with Gasteiger partial charge in [-0.25, -0.2) is 22.6 Å². The Morgan fingerprint density at radius 3 is 2.70 bits per heavy atom. The number of alkyl carbamates (subject to hydrolysis) is 1. The molecule has 4 aliphatic rings. The zero-order chi connectivity index (χ0) is 39.9. The van der Waals surface area contributed by atoms with Crippen molar-refractivity contribution in [3.63, 3.8) is 0 Å². The molecule has 4 aromatic rings. The first-order valence-corrected chi connectivity index (χ1v) is 20.9. The van der Waals surface area contributed by atoms with Crippen LogP contribution < -0.4 is 20.1 Å². The highest BCUT2D eigenvalue weighted by Gasteiger charge is 2.62. The number of nitrogens with zero attached hydrogens (tertiary/aromatic N) is 2. The lowest BCUT2D eigenvalue weighted by molar-refractivity contribution is -0.141. The van der Waals surface area contributed by atoms with Crippen LogP contribution in [0.4, 0.5) is 9.18 Å². The number of carbonyl (C=O) groups is 4. The van der Waals surface area contributed by atoms with Crippen LogP contribution in [0.2, 0.25) is 0 Å². The summed E-state index contributed by atoms with van der Waals surface area (Å²) in [5.41, 5.74) is 0.143. The van der Waals surface area contributed by atoms with E-state index < -0.39 is 74.5 Å². The number of para-hydroxylation sites is 1. The van der Waals surface area contributed by atoms with E-state index in [9.17, 15) is 32.0 Å². The normalized spacial score (nSPS) is 26.2. The Bertz CT molecular complexity index is 2380. The number of methoxy groups -OCH3 is 1. The maximum absolute atomic E-state index is 14.8. The number of benzene rings is 2. The van der Waals surface area contributed by atoms with E-state index in [2.05, 4.69) is 15.4 Å². The largest absolute Gasteiger partial charge is 0.484 e. The fourth-order valence-electron chi connectivity index (χ4n) is 7.86. The van der Waals surface area contributed by atoms with Crippen molar-refractivity contribution < 1.29 is 50.6 Å². The molecule has 3 fully saturated rings. The summed E-state index contributed by atoms with van der Waals surface area (Å²) < 4.78 is 65.8. The van der Waals surface area contributed by atoms with Crippen LogP contribution in [0.1, 0.15) is 57.8 Å². The molecule has 2 aliphatic heterocycles. The van der Waals surface area contributed by atoms with Gasteiger partial charge in [0.2, 0.25) is 21.8 Å². The molecule has 2 aromatic heterocycles. The number of halogens is 1. The van der Waals surface area contributed by atoms with Crippen LogP contribution in [0.15, 0.2) is 59.0 Å². The number of carbonyl (C=O) groups excluding carboxylic acids is 4. The highest BCUT2D eigenvalue weighted by molar-refractivity contribution is 7.91. The first-order chi connectivity index (χ1) is 27.5. The molecular formula is C40H44FN5O10S. The number of amides is 4. The van der Waals surface area contributed by atoms with Gasteiger partial charge in [-0.1, -0.05) is 37.1 Å². The molecule has 0 spiro atoms. The predicted octanol–water partition coefficient (Wildman–Crippen LogP) is 4.37. The third-order valence-electron chi connectivity index (χ3n) is 11.2. The SMILES string of the molecule is COCCOC(=O)N[C@H]1CCCCC/C=C\[C@H]2C[C@@]2(C(=O)NS(=O)(=O)C2CC2)NC(=O)[C@@H]2C[C@@H](Oc3c4cc(F)ccc4nc4c3oc3ccccc34)CN2C1=O. The second-order valence-electron chi connectivity index (χ2n) is 15.2. The van der Waals surface area contributed by atoms with E-state index in [4.69, 9.17) is 23.6 Å². The monoisotopic (exact) mass is 805 g/mol. The Morgan fingerprint density at radius 1 is 1.07 bits per heavy atom. The van der Waals surface area contributed by atoms with Gasteiger partial charge in [0, 0.05) is 30.2 Å². The standard InChI is InChI=1S/C40H44FN5O10S/c1-53-17-18-54-39(50)43-30-11-6-4-2-3-5-9-23-21-40(23,38(49)45-57(51,52)26-14-15-26)44-36(47)31-20-25(22-46(31)37(30)48)55-34-28-19-24(41)13-16-29(28)42-33-27-10-7-8-12-32(27)56-35(33)34/h5,7-10,12-13,16,19,23,25-26,30-31H,2-4,6,11,14-15,17-18,20-22H2,1H3,(H,43,50)(H,44,47)(H,45,49)/b9-5-/t23-,25+,30-,31-,40+/m0/s1. The number of fused-ring (bicyclic) bond motifs is 6. The van der Waals surface area contributed by atoms with Crippen LogP contribution in [-0.4, -0.2) is 98.0 Å². The molecule has 15 nitrogen and oxygen atoms in total. The van der Waals surface area contributed by atoms with Gasteiger partial charge in [-0.3, -0.25) is 19.1 Å². The van der Waals surface area contributed by atoms with E-state index in [0.717, 1.165) is 12.8 Å². The van der Waals surface area contributed by atoms with Crippen molar-refractivity contribution in [2.24, 2.45) is 5.92 Å². The Hall–Kier alpha value is -5.29. The van der Waals surface area contributed by atoms with Gasteiger partial charge in [0.25, 0.3) is 5.91 Å². The third-order valence-corrected chi connectivity index (χ3v) is 13.0. The summed E-state index contributed by atoms with van der Waals surface area (Å²) in [7, 11) is -2.47. The molecule has 8 rings (SSSR count). The molecule has 4 heterocycles. The number of nitrogens with one attached hydrogen (secondary N) is 3. The summed E-state index contributed by atoms with van der Waals surface area (Å²) in [6, 6.07) is 9.08. The van der Waals surface area contributed by atoms with Crippen LogP contribution in [0.3, 0.4) is 0 Å². The van der Waals surface area contributed by atoms with Crippen LogP contribution in [0.25, 0.3) is 33.0 Å². The van der Waals surface area contributed by atoms with Gasteiger partial charge in [0.1, 0.15) is 47.3 Å². The van der Waals surface area contributed by atoms with E-state index in [-0.39, 0.29) is 50.4 Å². The first-order valence-electron chi connectivity index (χ1n) is 19.3. The third kappa shape index (κ3) is 7.86. The zero-order valence-corrected chi connectivity index (χ0v) is 32.1. The van der Waals surface area contributed by atoms with Crippen LogP contribution >= 0.6 is 0 Å². The molecule has 4 amide bonds. The van der Waals surface area contributed by atoms with E-state index in [1.165, 1.54) is 30.2 Å². The van der Waals surface area contributed by atoms with Gasteiger partial charge < -0.3 is 34.2 Å². The maximum Gasteiger partial charge on any atom is 0.407 e. The summed E-state index contributed by atoms with van der Waals surface area (Å²) in [5.74, 6) is -2.93. The zero-order valence-electron chi connectivity index (χ0n) is 31.3. The number of hydrogen-bond acceptors (Lipinski definition) is 11. The second kappa shape index (κ2) is 15.6. The molecule has 302 valence electrons. The molecule has 5 atom stereocenters. The van der Waals surface area contributed by atoms with Crippen LogP contribution in [-0.2, 0) is 33.9 Å². The van der Waals surface area contributed by atoms with Gasteiger partial charge in [-0.15, -0.1) is 0 Å². The van der Waals surface area contributed by atoms with Crippen molar-refractivity contribution >= 4 is 66.8 Å². The van der Waals surface area contributed by atoms with Crippen molar-refractivity contribution in [1.82, 2.24) is 25.2 Å². The summed E-state index contributed by atoms with van der Waals surface area (Å²) in [6.07, 6.45) is 6.00. The molecule has 0 radical (unpaired) electrons. The lowest BCUT2D eigenvalue weighted by atomic mass is 10.1. The van der Waals surface area contributed by atoms with Crippen molar-refractivity contribution in [1.29, 1.82) is 0 Å². The van der Waals surface area contributed by atoms with Gasteiger partial charge in [-0.05, 0) is 68.9 Å². The van der Waals surface area contributed by atoms with E-state index in [1.807, 2.05) is 30.4 Å². The van der Waals surface area contributed by atoms with Crippen LogP contribution in [0, 0.1) is 11.7 Å². The molecular weight excluding hydrogens is 762 g/mol. The molecule has 3 N–H and O–H groups in total. The number of hydrogen-bond donors (Lipinski definition) is 3. The fourth-order valence-corrected chi connectivity index (χ4v) is 9.22. The molecule has 2 aliphatic carbocycles. The summed E-state index contributed by atoms with van der Waals surface area (Å²) in [6.45, 7) is -0.0245. The topological polar surface area (TPSA) is 195 Å². The van der Waals surface area contributed by atoms with Crippen molar-refractivity contribution in [2.75, 3.05) is 26.9 Å². The van der Waals surface area contributed by atoms with E-state index in [1.54, 1.807) is 6.07 Å². The Kier molecular flexibility index (Phi) is 10.5. The molecule has 57 heavy (non-hydrogen) atoms. The Morgan fingerprint density at radius 2 is 1.89 bits per heavy atom. The van der Waals surface area contributed by atoms with Gasteiger partial charge in [0.15, 0.2) is 11.3 Å². The number of rotatable bonds is 9. The molecule has 2 aromatic carbocycles. The summed E-state index contributed by atoms with van der Waals surface area (Å²) in [5, 5.41) is 5.90.